The first kappa shape index (κ1) is 11.6. The van der Waals surface area contributed by atoms with E-state index >= 15 is 0 Å². The highest BCUT2D eigenvalue weighted by Crippen LogP contribution is 2.41. The van der Waals surface area contributed by atoms with Crippen molar-refractivity contribution in [1.82, 2.24) is 5.32 Å². The van der Waals surface area contributed by atoms with Crippen LogP contribution in [0.15, 0.2) is 24.3 Å². The largest absolute Gasteiger partial charge is 0.312 e. The molecule has 3 rings (SSSR count). The molecule has 1 aliphatic carbocycles. The maximum atomic E-state index is 3.65. The summed E-state index contributed by atoms with van der Waals surface area (Å²) in [5.74, 6) is 2.24. The van der Waals surface area contributed by atoms with E-state index in [1.807, 2.05) is 0 Å². The minimum Gasteiger partial charge on any atom is -0.312 e. The van der Waals surface area contributed by atoms with Crippen molar-refractivity contribution < 1.29 is 0 Å². The molecule has 2 fully saturated rings. The molecule has 1 aromatic rings. The van der Waals surface area contributed by atoms with E-state index in [2.05, 4.69) is 41.3 Å². The van der Waals surface area contributed by atoms with Crippen molar-refractivity contribution in [3.63, 3.8) is 0 Å². The van der Waals surface area contributed by atoms with Crippen LogP contribution < -0.4 is 5.32 Å². The van der Waals surface area contributed by atoms with Crippen LogP contribution in [-0.4, -0.2) is 17.5 Å². The van der Waals surface area contributed by atoms with Crippen LogP contribution >= 0.6 is 11.8 Å². The molecule has 2 aliphatic rings. The van der Waals surface area contributed by atoms with Gasteiger partial charge in [0.05, 0.1) is 0 Å². The molecule has 0 aromatic heterocycles. The quantitative estimate of drug-likeness (QED) is 0.854. The lowest BCUT2D eigenvalue weighted by molar-refractivity contribution is 0.643. The number of rotatable bonds is 5. The zero-order chi connectivity index (χ0) is 11.5. The number of benzene rings is 1. The minimum atomic E-state index is 0.864. The monoisotopic (exact) mass is 247 g/mol. The van der Waals surface area contributed by atoms with Crippen molar-refractivity contribution in [1.29, 1.82) is 0 Å². The van der Waals surface area contributed by atoms with Crippen molar-refractivity contribution in [2.75, 3.05) is 12.3 Å². The zero-order valence-corrected chi connectivity index (χ0v) is 11.1. The van der Waals surface area contributed by atoms with Gasteiger partial charge >= 0.3 is 0 Å². The highest BCUT2D eigenvalue weighted by molar-refractivity contribution is 8.00. The fourth-order valence-corrected chi connectivity index (χ4v) is 3.90. The summed E-state index contributed by atoms with van der Waals surface area (Å²) < 4.78 is 0. The van der Waals surface area contributed by atoms with E-state index in [0.29, 0.717) is 0 Å². The van der Waals surface area contributed by atoms with E-state index in [4.69, 9.17) is 0 Å². The molecular weight excluding hydrogens is 226 g/mol. The van der Waals surface area contributed by atoms with Gasteiger partial charge in [-0.25, -0.2) is 0 Å². The van der Waals surface area contributed by atoms with Crippen molar-refractivity contribution in [3.8, 4) is 0 Å². The third-order valence-corrected chi connectivity index (χ3v) is 5.18. The maximum Gasteiger partial charge on any atom is 0.0208 e. The molecule has 0 spiro atoms. The van der Waals surface area contributed by atoms with E-state index in [9.17, 15) is 0 Å². The molecule has 0 radical (unpaired) electrons. The van der Waals surface area contributed by atoms with Crippen LogP contribution in [0.5, 0.6) is 0 Å². The summed E-state index contributed by atoms with van der Waals surface area (Å²) in [5.41, 5.74) is 3.12. The van der Waals surface area contributed by atoms with Gasteiger partial charge in [0.15, 0.2) is 0 Å². The molecule has 1 aliphatic heterocycles. The molecular formula is C15H21NS. The fourth-order valence-electron chi connectivity index (χ4n) is 2.66. The summed E-state index contributed by atoms with van der Waals surface area (Å²) in [5, 5.41) is 4.51. The van der Waals surface area contributed by atoms with E-state index in [1.54, 1.807) is 5.56 Å². The van der Waals surface area contributed by atoms with E-state index in [0.717, 1.165) is 17.7 Å². The van der Waals surface area contributed by atoms with Crippen molar-refractivity contribution in [3.05, 3.63) is 35.4 Å². The first-order valence-electron chi connectivity index (χ1n) is 6.83. The SMILES string of the molecule is c1ccc(C2CC2)c(CNCC2CCCS2)c1. The van der Waals surface area contributed by atoms with Crippen LogP contribution in [0.1, 0.15) is 42.7 Å². The smallest absolute Gasteiger partial charge is 0.0208 e. The van der Waals surface area contributed by atoms with Crippen LogP contribution in [0.25, 0.3) is 0 Å². The summed E-state index contributed by atoms with van der Waals surface area (Å²) in [6.45, 7) is 2.24. The Labute approximate surface area is 108 Å². The van der Waals surface area contributed by atoms with E-state index < -0.39 is 0 Å². The molecule has 1 N–H and O–H groups in total. The molecule has 1 atom stereocenters. The van der Waals surface area contributed by atoms with Gasteiger partial charge in [-0.1, -0.05) is 24.3 Å². The predicted molar refractivity (Wildman–Crippen MR) is 75.6 cm³/mol. The molecule has 0 amide bonds. The zero-order valence-electron chi connectivity index (χ0n) is 10.3. The summed E-state index contributed by atoms with van der Waals surface area (Å²) in [7, 11) is 0. The summed E-state index contributed by atoms with van der Waals surface area (Å²) in [4.78, 5) is 0. The third kappa shape index (κ3) is 3.05. The first-order valence-corrected chi connectivity index (χ1v) is 7.88. The molecule has 2 heteroatoms. The molecule has 1 heterocycles. The van der Waals surface area contributed by atoms with Gasteiger partial charge in [-0.2, -0.15) is 11.8 Å². The number of thioether (sulfide) groups is 1. The molecule has 1 nitrogen and oxygen atoms in total. The Kier molecular flexibility index (Phi) is 3.72. The van der Waals surface area contributed by atoms with E-state index in [1.165, 1.54) is 43.5 Å². The van der Waals surface area contributed by atoms with Gasteiger partial charge in [-0.15, -0.1) is 0 Å². The van der Waals surface area contributed by atoms with Gasteiger partial charge in [0, 0.05) is 18.3 Å². The highest BCUT2D eigenvalue weighted by Gasteiger charge is 2.25. The van der Waals surface area contributed by atoms with Gasteiger partial charge < -0.3 is 5.32 Å². The normalized spacial score (nSPS) is 24.1. The molecule has 92 valence electrons. The molecule has 1 saturated carbocycles. The summed E-state index contributed by atoms with van der Waals surface area (Å²) >= 11 is 2.14. The van der Waals surface area contributed by atoms with Gasteiger partial charge in [-0.3, -0.25) is 0 Å². The van der Waals surface area contributed by atoms with Gasteiger partial charge in [0.2, 0.25) is 0 Å². The number of nitrogens with one attached hydrogen (secondary N) is 1. The lowest BCUT2D eigenvalue weighted by Crippen LogP contribution is -2.23. The van der Waals surface area contributed by atoms with Crippen molar-refractivity contribution in [2.24, 2.45) is 0 Å². The second-order valence-electron chi connectivity index (χ2n) is 5.24. The fraction of sp³-hybridized carbons (Fsp3) is 0.600. The highest BCUT2D eigenvalue weighted by atomic mass is 32.2. The topological polar surface area (TPSA) is 12.0 Å². The Morgan fingerprint density at radius 3 is 2.82 bits per heavy atom. The predicted octanol–water partition coefficient (Wildman–Crippen LogP) is 3.55. The average molecular weight is 247 g/mol. The minimum absolute atomic E-state index is 0.864. The van der Waals surface area contributed by atoms with E-state index in [-0.39, 0.29) is 0 Å². The molecule has 17 heavy (non-hydrogen) atoms. The number of hydrogen-bond donors (Lipinski definition) is 1. The first-order chi connectivity index (χ1) is 8.43. The average Bonchev–Trinajstić information content (AvgIpc) is 3.08. The lowest BCUT2D eigenvalue weighted by atomic mass is 10.0. The molecule has 1 unspecified atom stereocenters. The van der Waals surface area contributed by atoms with Crippen LogP contribution in [0.3, 0.4) is 0 Å². The van der Waals surface area contributed by atoms with Gasteiger partial charge in [-0.05, 0) is 48.5 Å². The third-order valence-electron chi connectivity index (χ3n) is 3.78. The lowest BCUT2D eigenvalue weighted by Gasteiger charge is -2.12. The molecule has 1 aromatic carbocycles. The van der Waals surface area contributed by atoms with Gasteiger partial charge in [0.25, 0.3) is 0 Å². The standard InChI is InChI=1S/C15H21NS/c1-2-6-15(12-7-8-12)13(4-1)10-16-11-14-5-3-9-17-14/h1-2,4,6,12,14,16H,3,5,7-11H2. The molecule has 0 bridgehead atoms. The van der Waals surface area contributed by atoms with Crippen LogP contribution in [0.4, 0.5) is 0 Å². The van der Waals surface area contributed by atoms with Gasteiger partial charge in [0.1, 0.15) is 0 Å². The second-order valence-corrected chi connectivity index (χ2v) is 6.65. The Hall–Kier alpha value is -0.470. The van der Waals surface area contributed by atoms with Crippen molar-refractivity contribution in [2.45, 2.75) is 43.4 Å². The Balaban J connectivity index is 1.53. The Morgan fingerprint density at radius 2 is 2.06 bits per heavy atom. The Bertz CT molecular complexity index is 367. The van der Waals surface area contributed by atoms with Crippen LogP contribution in [0, 0.1) is 0 Å². The molecule has 1 saturated heterocycles. The van der Waals surface area contributed by atoms with Crippen molar-refractivity contribution >= 4 is 11.8 Å². The van der Waals surface area contributed by atoms with Crippen LogP contribution in [0.2, 0.25) is 0 Å². The summed E-state index contributed by atoms with van der Waals surface area (Å²) in [6.07, 6.45) is 5.61. The second kappa shape index (κ2) is 5.45. The summed E-state index contributed by atoms with van der Waals surface area (Å²) in [6, 6.07) is 8.97. The van der Waals surface area contributed by atoms with Crippen LogP contribution in [-0.2, 0) is 6.54 Å². The number of hydrogen-bond acceptors (Lipinski definition) is 2. The maximum absolute atomic E-state index is 3.65. The Morgan fingerprint density at radius 1 is 1.18 bits per heavy atom.